The number of hydrogen-bond acceptors (Lipinski definition) is 4. The van der Waals surface area contributed by atoms with E-state index in [1.165, 1.54) is 17.2 Å². The van der Waals surface area contributed by atoms with Gasteiger partial charge in [-0.1, -0.05) is 53.7 Å². The van der Waals surface area contributed by atoms with E-state index in [9.17, 15) is 14.0 Å². The van der Waals surface area contributed by atoms with E-state index in [2.05, 4.69) is 68.4 Å². The molecule has 2 unspecified atom stereocenters. The molecule has 0 aliphatic heterocycles. The number of carbonyl (C=O) groups is 2. The first-order valence-electron chi connectivity index (χ1n) is 16.0. The minimum atomic E-state index is -0.218. The number of hydrogen-bond donors (Lipinski definition) is 2. The molecular formula is C37H47FN6O2. The lowest BCUT2D eigenvalue weighted by molar-refractivity contribution is 0.101. The molecular weight excluding hydrogens is 579 g/mol. The molecule has 8 nitrogen and oxygen atoms in total. The Morgan fingerprint density at radius 1 is 0.826 bits per heavy atom. The van der Waals surface area contributed by atoms with Crippen LogP contribution in [0.1, 0.15) is 126 Å². The summed E-state index contributed by atoms with van der Waals surface area (Å²) < 4.78 is 17.7. The third-order valence-corrected chi connectivity index (χ3v) is 9.82. The number of nitrogens with one attached hydrogen (secondary N) is 2. The second-order valence-electron chi connectivity index (χ2n) is 14.5. The fourth-order valence-corrected chi connectivity index (χ4v) is 7.94. The van der Waals surface area contributed by atoms with Gasteiger partial charge in [-0.2, -0.15) is 10.2 Å². The van der Waals surface area contributed by atoms with E-state index in [-0.39, 0.29) is 34.4 Å². The van der Waals surface area contributed by atoms with E-state index in [4.69, 9.17) is 0 Å². The Morgan fingerprint density at radius 3 is 2.04 bits per heavy atom. The van der Waals surface area contributed by atoms with Crippen molar-refractivity contribution in [1.29, 1.82) is 0 Å². The van der Waals surface area contributed by atoms with Crippen LogP contribution >= 0.6 is 0 Å². The second kappa shape index (κ2) is 11.8. The zero-order valence-electron chi connectivity index (χ0n) is 29.0. The van der Waals surface area contributed by atoms with Gasteiger partial charge in [0.25, 0.3) is 11.8 Å². The highest BCUT2D eigenvalue weighted by molar-refractivity contribution is 6.06. The van der Waals surface area contributed by atoms with Crippen molar-refractivity contribution >= 4 is 23.2 Å². The van der Waals surface area contributed by atoms with Gasteiger partial charge in [-0.3, -0.25) is 19.0 Å². The van der Waals surface area contributed by atoms with Crippen LogP contribution in [0.15, 0.2) is 36.5 Å². The van der Waals surface area contributed by atoms with Crippen LogP contribution in [0.25, 0.3) is 0 Å². The first kappa shape index (κ1) is 33.1. The molecule has 2 N–H and O–H groups in total. The van der Waals surface area contributed by atoms with E-state index < -0.39 is 0 Å². The number of carbonyl (C=O) groups excluding carboxylic acids is 2. The summed E-state index contributed by atoms with van der Waals surface area (Å²) in [6.07, 6.45) is 3.68. The molecule has 0 saturated heterocycles. The maximum Gasteiger partial charge on any atom is 0.259 e. The van der Waals surface area contributed by atoms with E-state index in [1.807, 2.05) is 33.0 Å². The smallest absolute Gasteiger partial charge is 0.259 e. The normalized spacial score (nSPS) is 18.8. The number of aromatic nitrogens is 4. The molecule has 2 aromatic carbocycles. The Bertz CT molecular complexity index is 1850. The van der Waals surface area contributed by atoms with Crippen molar-refractivity contribution in [2.24, 2.45) is 14.1 Å². The fourth-order valence-electron chi connectivity index (χ4n) is 7.94. The molecule has 0 spiro atoms. The largest absolute Gasteiger partial charge is 0.322 e. The van der Waals surface area contributed by atoms with Gasteiger partial charge in [0.1, 0.15) is 5.82 Å². The molecule has 2 aliphatic carbocycles. The third-order valence-electron chi connectivity index (χ3n) is 9.82. The van der Waals surface area contributed by atoms with Crippen molar-refractivity contribution in [3.63, 3.8) is 0 Å². The SMILES string of the molecule is Cc1nn(C)c(C)c1C(=O)Nc1cccc2c1C(C)CC2(C)C.Cc1nn(C)cc1C(=O)Nc1ccc(F)c2c1C(C)CC2(C)C. The molecule has 244 valence electrons. The van der Waals surface area contributed by atoms with Crippen LogP contribution in [-0.4, -0.2) is 31.4 Å². The van der Waals surface area contributed by atoms with Crippen LogP contribution in [0, 0.1) is 26.6 Å². The number of nitrogens with zero attached hydrogens (tertiary/aromatic N) is 4. The number of amides is 2. The molecule has 46 heavy (non-hydrogen) atoms. The molecule has 0 radical (unpaired) electrons. The van der Waals surface area contributed by atoms with Gasteiger partial charge in [0.05, 0.1) is 22.5 Å². The van der Waals surface area contributed by atoms with Crippen molar-refractivity contribution < 1.29 is 14.0 Å². The molecule has 4 aromatic rings. The van der Waals surface area contributed by atoms with Gasteiger partial charge in [0.2, 0.25) is 0 Å². The molecule has 6 rings (SSSR count). The zero-order chi connectivity index (χ0) is 33.9. The number of fused-ring (bicyclic) bond motifs is 2. The van der Waals surface area contributed by atoms with Gasteiger partial charge in [-0.25, -0.2) is 4.39 Å². The van der Waals surface area contributed by atoms with E-state index in [1.54, 1.807) is 35.6 Å². The summed E-state index contributed by atoms with van der Waals surface area (Å²) in [5, 5.41) is 14.6. The minimum absolute atomic E-state index is 0.0709. The summed E-state index contributed by atoms with van der Waals surface area (Å²) in [6, 6.07) is 9.35. The maximum absolute atomic E-state index is 14.3. The average molecular weight is 627 g/mol. The topological polar surface area (TPSA) is 93.8 Å². The van der Waals surface area contributed by atoms with Gasteiger partial charge in [0.15, 0.2) is 0 Å². The summed E-state index contributed by atoms with van der Waals surface area (Å²) >= 11 is 0. The summed E-state index contributed by atoms with van der Waals surface area (Å²) in [5.74, 6) is 0.193. The predicted octanol–water partition coefficient (Wildman–Crippen LogP) is 7.98. The van der Waals surface area contributed by atoms with Crippen LogP contribution in [0.4, 0.5) is 15.8 Å². The fraction of sp³-hybridized carbons (Fsp3) is 0.459. The van der Waals surface area contributed by atoms with Crippen LogP contribution in [0.3, 0.4) is 0 Å². The van der Waals surface area contributed by atoms with Crippen molar-refractivity contribution in [3.05, 3.63) is 92.8 Å². The first-order valence-corrected chi connectivity index (χ1v) is 16.0. The molecule has 0 fully saturated rings. The van der Waals surface area contributed by atoms with Gasteiger partial charge in [-0.15, -0.1) is 0 Å². The van der Waals surface area contributed by atoms with E-state index >= 15 is 0 Å². The monoisotopic (exact) mass is 626 g/mol. The minimum Gasteiger partial charge on any atom is -0.322 e. The molecule has 2 aromatic heterocycles. The molecule has 2 heterocycles. The highest BCUT2D eigenvalue weighted by Crippen LogP contribution is 2.50. The lowest BCUT2D eigenvalue weighted by Gasteiger charge is -2.20. The van der Waals surface area contributed by atoms with Crippen molar-refractivity contribution in [2.45, 2.75) is 97.8 Å². The Labute approximate surface area is 271 Å². The van der Waals surface area contributed by atoms with E-state index in [0.29, 0.717) is 28.4 Å². The Hall–Kier alpha value is -4.27. The zero-order valence-corrected chi connectivity index (χ0v) is 29.0. The molecule has 9 heteroatoms. The van der Waals surface area contributed by atoms with Crippen molar-refractivity contribution in [3.8, 4) is 0 Å². The molecule has 0 bridgehead atoms. The van der Waals surface area contributed by atoms with Gasteiger partial charge >= 0.3 is 0 Å². The van der Waals surface area contributed by atoms with E-state index in [0.717, 1.165) is 41.0 Å². The van der Waals surface area contributed by atoms with Crippen LogP contribution in [0.5, 0.6) is 0 Å². The van der Waals surface area contributed by atoms with Gasteiger partial charge in [0, 0.05) is 37.4 Å². The molecule has 2 amide bonds. The summed E-state index contributed by atoms with van der Waals surface area (Å²) in [7, 11) is 3.65. The average Bonchev–Trinajstić information content (AvgIpc) is 3.59. The lowest BCUT2D eigenvalue weighted by atomic mass is 9.85. The lowest BCUT2D eigenvalue weighted by Crippen LogP contribution is -2.16. The Balaban J connectivity index is 0.000000181. The van der Waals surface area contributed by atoms with Gasteiger partial charge < -0.3 is 10.6 Å². The van der Waals surface area contributed by atoms with Crippen LogP contribution in [-0.2, 0) is 24.9 Å². The number of rotatable bonds is 4. The number of benzene rings is 2. The maximum atomic E-state index is 14.3. The molecule has 0 saturated carbocycles. The summed E-state index contributed by atoms with van der Waals surface area (Å²) in [5.41, 5.74) is 9.41. The highest BCUT2D eigenvalue weighted by Gasteiger charge is 2.39. The van der Waals surface area contributed by atoms with Gasteiger partial charge in [-0.05, 0) is 96.7 Å². The Morgan fingerprint density at radius 2 is 1.43 bits per heavy atom. The number of anilines is 2. The summed E-state index contributed by atoms with van der Waals surface area (Å²) in [6.45, 7) is 18.6. The van der Waals surface area contributed by atoms with Crippen LogP contribution < -0.4 is 10.6 Å². The standard InChI is InChI=1S/C19H25N3O.C18H22FN3O/c1-11-10-19(4,5)14-8-7-9-15(16(11)14)20-18(23)17-12(2)21-22(6)13(17)3;1-10-8-18(3,4)16-13(19)6-7-14(15(10)16)20-17(23)12-9-22(5)21-11(12)2/h7-9,11H,10H2,1-6H3,(H,20,23);6-7,9-10H,8H2,1-5H3,(H,20,23). The second-order valence-corrected chi connectivity index (χ2v) is 14.5. The predicted molar refractivity (Wildman–Crippen MR) is 181 cm³/mol. The molecule has 2 aliphatic rings. The number of halogens is 1. The third kappa shape index (κ3) is 5.87. The van der Waals surface area contributed by atoms with Crippen molar-refractivity contribution in [1.82, 2.24) is 19.6 Å². The van der Waals surface area contributed by atoms with Crippen LogP contribution in [0.2, 0.25) is 0 Å². The number of aryl methyl sites for hydroxylation is 4. The highest BCUT2D eigenvalue weighted by atomic mass is 19.1. The quantitative estimate of drug-likeness (QED) is 0.240. The Kier molecular flexibility index (Phi) is 8.51. The summed E-state index contributed by atoms with van der Waals surface area (Å²) in [4.78, 5) is 25.3. The molecule has 2 atom stereocenters. The van der Waals surface area contributed by atoms with Crippen molar-refractivity contribution in [2.75, 3.05) is 10.6 Å². The first-order chi connectivity index (χ1) is 21.4.